The SMILES string of the molecule is CCS(=O)(=O)c1ccc(NC(=O)c2ccccc2OC)cc1. The van der Waals surface area contributed by atoms with Gasteiger partial charge in [0.25, 0.3) is 5.91 Å². The molecule has 2 aromatic carbocycles. The maximum atomic E-state index is 12.2. The first-order valence-electron chi connectivity index (χ1n) is 6.75. The fraction of sp³-hybridized carbons (Fsp3) is 0.188. The second kappa shape index (κ2) is 6.62. The number of ether oxygens (including phenoxy) is 1. The van der Waals surface area contributed by atoms with Crippen LogP contribution in [0, 0.1) is 0 Å². The molecule has 1 amide bonds. The van der Waals surface area contributed by atoms with Gasteiger partial charge in [-0.1, -0.05) is 19.1 Å². The number of hydrogen-bond acceptors (Lipinski definition) is 4. The highest BCUT2D eigenvalue weighted by Gasteiger charge is 2.13. The zero-order valence-corrected chi connectivity index (χ0v) is 13.2. The Hall–Kier alpha value is -2.34. The highest BCUT2D eigenvalue weighted by atomic mass is 32.2. The minimum atomic E-state index is -3.24. The Morgan fingerprint density at radius 3 is 2.32 bits per heavy atom. The summed E-state index contributed by atoms with van der Waals surface area (Å²) in [6.07, 6.45) is 0. The maximum Gasteiger partial charge on any atom is 0.259 e. The summed E-state index contributed by atoms with van der Waals surface area (Å²) in [6, 6.07) is 13.0. The third kappa shape index (κ3) is 3.46. The predicted molar refractivity (Wildman–Crippen MR) is 85.1 cm³/mol. The molecule has 0 fully saturated rings. The van der Waals surface area contributed by atoms with Crippen molar-refractivity contribution >= 4 is 21.4 Å². The van der Waals surface area contributed by atoms with Crippen LogP contribution in [-0.2, 0) is 9.84 Å². The van der Waals surface area contributed by atoms with Gasteiger partial charge in [0, 0.05) is 5.69 Å². The van der Waals surface area contributed by atoms with E-state index in [0.29, 0.717) is 17.0 Å². The van der Waals surface area contributed by atoms with Crippen molar-refractivity contribution in [2.45, 2.75) is 11.8 Å². The van der Waals surface area contributed by atoms with Crippen molar-refractivity contribution in [2.75, 3.05) is 18.2 Å². The van der Waals surface area contributed by atoms with Crippen LogP contribution < -0.4 is 10.1 Å². The zero-order chi connectivity index (χ0) is 16.2. The topological polar surface area (TPSA) is 72.5 Å². The zero-order valence-electron chi connectivity index (χ0n) is 12.4. The molecule has 6 heteroatoms. The Bertz CT molecular complexity index is 767. The molecule has 0 saturated heterocycles. The number of carbonyl (C=O) groups is 1. The summed E-state index contributed by atoms with van der Waals surface area (Å²) in [5, 5.41) is 2.72. The summed E-state index contributed by atoms with van der Waals surface area (Å²) in [5.41, 5.74) is 0.932. The number of benzene rings is 2. The predicted octanol–water partition coefficient (Wildman–Crippen LogP) is 2.74. The van der Waals surface area contributed by atoms with Crippen molar-refractivity contribution in [3.05, 3.63) is 54.1 Å². The van der Waals surface area contributed by atoms with Crippen molar-refractivity contribution < 1.29 is 17.9 Å². The lowest BCUT2D eigenvalue weighted by atomic mass is 10.2. The van der Waals surface area contributed by atoms with Gasteiger partial charge >= 0.3 is 0 Å². The third-order valence-electron chi connectivity index (χ3n) is 3.20. The summed E-state index contributed by atoms with van der Waals surface area (Å²) < 4.78 is 28.6. The molecule has 2 rings (SSSR count). The quantitative estimate of drug-likeness (QED) is 0.920. The van der Waals surface area contributed by atoms with E-state index >= 15 is 0 Å². The molecule has 0 aliphatic heterocycles. The lowest BCUT2D eigenvalue weighted by Gasteiger charge is -2.09. The molecule has 2 aromatic rings. The molecule has 0 aliphatic rings. The molecule has 1 N–H and O–H groups in total. The van der Waals surface area contributed by atoms with E-state index in [1.54, 1.807) is 43.3 Å². The molecule has 0 aromatic heterocycles. The van der Waals surface area contributed by atoms with Gasteiger partial charge in [0.2, 0.25) is 0 Å². The van der Waals surface area contributed by atoms with E-state index in [-0.39, 0.29) is 16.6 Å². The summed E-state index contributed by atoms with van der Waals surface area (Å²) >= 11 is 0. The van der Waals surface area contributed by atoms with Gasteiger partial charge in [0.05, 0.1) is 23.3 Å². The molecule has 0 atom stereocenters. The Morgan fingerprint density at radius 1 is 1.09 bits per heavy atom. The van der Waals surface area contributed by atoms with Crippen LogP contribution in [0.3, 0.4) is 0 Å². The number of anilines is 1. The van der Waals surface area contributed by atoms with E-state index in [2.05, 4.69) is 5.32 Å². The van der Waals surface area contributed by atoms with Crippen molar-refractivity contribution in [1.82, 2.24) is 0 Å². The van der Waals surface area contributed by atoms with Gasteiger partial charge in [-0.15, -0.1) is 0 Å². The first-order chi connectivity index (χ1) is 10.5. The molecular weight excluding hydrogens is 302 g/mol. The highest BCUT2D eigenvalue weighted by molar-refractivity contribution is 7.91. The molecule has 0 saturated carbocycles. The van der Waals surface area contributed by atoms with Gasteiger partial charge < -0.3 is 10.1 Å². The van der Waals surface area contributed by atoms with Crippen molar-refractivity contribution in [3.63, 3.8) is 0 Å². The van der Waals surface area contributed by atoms with Crippen LogP contribution >= 0.6 is 0 Å². The number of hydrogen-bond donors (Lipinski definition) is 1. The lowest BCUT2D eigenvalue weighted by molar-refractivity contribution is 0.102. The van der Waals surface area contributed by atoms with E-state index in [1.807, 2.05) is 0 Å². The normalized spacial score (nSPS) is 11.0. The number of para-hydroxylation sites is 1. The number of amides is 1. The Balaban J connectivity index is 2.19. The Kier molecular flexibility index (Phi) is 4.82. The molecule has 0 heterocycles. The van der Waals surface area contributed by atoms with Crippen LogP contribution in [0.15, 0.2) is 53.4 Å². The van der Waals surface area contributed by atoms with Crippen LogP contribution in [0.4, 0.5) is 5.69 Å². The van der Waals surface area contributed by atoms with Gasteiger partial charge in [-0.2, -0.15) is 0 Å². The van der Waals surface area contributed by atoms with Crippen LogP contribution in [-0.4, -0.2) is 27.2 Å². The van der Waals surface area contributed by atoms with E-state index in [4.69, 9.17) is 4.74 Å². The number of methoxy groups -OCH3 is 1. The molecule has 5 nitrogen and oxygen atoms in total. The van der Waals surface area contributed by atoms with Crippen LogP contribution in [0.5, 0.6) is 5.75 Å². The molecule has 0 bridgehead atoms. The lowest BCUT2D eigenvalue weighted by Crippen LogP contribution is -2.13. The highest BCUT2D eigenvalue weighted by Crippen LogP contribution is 2.20. The van der Waals surface area contributed by atoms with Crippen molar-refractivity contribution in [3.8, 4) is 5.75 Å². The summed E-state index contributed by atoms with van der Waals surface area (Å²) in [7, 11) is -1.74. The van der Waals surface area contributed by atoms with Gasteiger partial charge in [0.15, 0.2) is 9.84 Å². The second-order valence-corrected chi connectivity index (χ2v) is 6.86. The van der Waals surface area contributed by atoms with Crippen LogP contribution in [0.2, 0.25) is 0 Å². The standard InChI is InChI=1S/C16H17NO4S/c1-3-22(19,20)13-10-8-12(9-11-13)17-16(18)14-6-4-5-7-15(14)21-2/h4-11H,3H2,1-2H3,(H,17,18). The van der Waals surface area contributed by atoms with E-state index in [0.717, 1.165) is 0 Å². The van der Waals surface area contributed by atoms with E-state index < -0.39 is 9.84 Å². The molecule has 22 heavy (non-hydrogen) atoms. The third-order valence-corrected chi connectivity index (χ3v) is 4.95. The van der Waals surface area contributed by atoms with Crippen molar-refractivity contribution in [2.24, 2.45) is 0 Å². The second-order valence-electron chi connectivity index (χ2n) is 4.58. The van der Waals surface area contributed by atoms with Gasteiger partial charge in [-0.25, -0.2) is 8.42 Å². The van der Waals surface area contributed by atoms with Crippen molar-refractivity contribution in [1.29, 1.82) is 0 Å². The fourth-order valence-electron chi connectivity index (χ4n) is 1.94. The van der Waals surface area contributed by atoms with Crippen LogP contribution in [0.1, 0.15) is 17.3 Å². The maximum absolute atomic E-state index is 12.2. The smallest absolute Gasteiger partial charge is 0.259 e. The first kappa shape index (κ1) is 16.0. The Labute approximate surface area is 129 Å². The Morgan fingerprint density at radius 2 is 1.73 bits per heavy atom. The summed E-state index contributed by atoms with van der Waals surface area (Å²) in [4.78, 5) is 12.5. The molecule has 0 spiro atoms. The number of rotatable bonds is 5. The minimum Gasteiger partial charge on any atom is -0.496 e. The number of sulfone groups is 1. The fourth-order valence-corrected chi connectivity index (χ4v) is 2.83. The minimum absolute atomic E-state index is 0.0416. The molecule has 116 valence electrons. The molecular formula is C16H17NO4S. The molecule has 0 aliphatic carbocycles. The summed E-state index contributed by atoms with van der Waals surface area (Å²) in [5.74, 6) is 0.202. The average molecular weight is 319 g/mol. The summed E-state index contributed by atoms with van der Waals surface area (Å²) in [6.45, 7) is 1.59. The average Bonchev–Trinajstić information content (AvgIpc) is 2.55. The first-order valence-corrected chi connectivity index (χ1v) is 8.40. The number of nitrogens with one attached hydrogen (secondary N) is 1. The monoisotopic (exact) mass is 319 g/mol. The van der Waals surface area contributed by atoms with E-state index in [1.165, 1.54) is 19.2 Å². The molecule has 0 unspecified atom stereocenters. The van der Waals surface area contributed by atoms with Gasteiger partial charge in [-0.05, 0) is 36.4 Å². The van der Waals surface area contributed by atoms with E-state index in [9.17, 15) is 13.2 Å². The molecule has 0 radical (unpaired) electrons. The number of carbonyl (C=O) groups excluding carboxylic acids is 1. The largest absolute Gasteiger partial charge is 0.496 e. The van der Waals surface area contributed by atoms with Gasteiger partial charge in [-0.3, -0.25) is 4.79 Å². The van der Waals surface area contributed by atoms with Gasteiger partial charge in [0.1, 0.15) is 5.75 Å². The van der Waals surface area contributed by atoms with Crippen LogP contribution in [0.25, 0.3) is 0 Å².